The second-order valence-electron chi connectivity index (χ2n) is 5.91. The summed E-state index contributed by atoms with van der Waals surface area (Å²) in [5, 5.41) is 4.29. The number of ether oxygens (including phenoxy) is 1. The van der Waals surface area contributed by atoms with Crippen molar-refractivity contribution in [1.82, 2.24) is 19.9 Å². The molecule has 3 heterocycles. The number of hydrogen-bond acceptors (Lipinski definition) is 5. The number of carbonyl (C=O) groups excluding carboxylic acids is 1. The predicted octanol–water partition coefficient (Wildman–Crippen LogP) is 2.67. The van der Waals surface area contributed by atoms with Gasteiger partial charge in [0.25, 0.3) is 0 Å². The van der Waals surface area contributed by atoms with Gasteiger partial charge in [-0.15, -0.1) is 0 Å². The molecule has 7 nitrogen and oxygen atoms in total. The fourth-order valence-corrected chi connectivity index (χ4v) is 3.84. The zero-order chi connectivity index (χ0) is 18.4. The Morgan fingerprint density at radius 3 is 2.96 bits per heavy atom. The topological polar surface area (TPSA) is 95.1 Å². The number of halogens is 2. The molecule has 26 heavy (non-hydrogen) atoms. The van der Waals surface area contributed by atoms with Crippen molar-refractivity contribution in [3.8, 4) is 17.0 Å². The van der Waals surface area contributed by atoms with E-state index >= 15 is 0 Å². The van der Waals surface area contributed by atoms with Crippen LogP contribution in [0.1, 0.15) is 5.56 Å². The van der Waals surface area contributed by atoms with E-state index < -0.39 is 0 Å². The quantitative estimate of drug-likeness (QED) is 0.715. The van der Waals surface area contributed by atoms with Gasteiger partial charge in [-0.2, -0.15) is 4.98 Å². The number of amides is 1. The summed E-state index contributed by atoms with van der Waals surface area (Å²) in [6.07, 6.45) is 2.45. The Labute approximate surface area is 159 Å². The normalized spacial score (nSPS) is 12.9. The Balaban J connectivity index is 1.97. The first-order valence-corrected chi connectivity index (χ1v) is 8.72. The summed E-state index contributed by atoms with van der Waals surface area (Å²) in [5.74, 6) is 0.587. The smallest absolute Gasteiger partial charge is 0.239 e. The molecule has 3 N–H and O–H groups in total. The fourth-order valence-electron chi connectivity index (χ4n) is 3.19. The van der Waals surface area contributed by atoms with E-state index in [4.69, 9.17) is 33.7 Å². The van der Waals surface area contributed by atoms with Gasteiger partial charge >= 0.3 is 0 Å². The molecule has 134 valence electrons. The summed E-state index contributed by atoms with van der Waals surface area (Å²) in [5.41, 5.74) is 8.75. The van der Waals surface area contributed by atoms with Crippen molar-refractivity contribution < 1.29 is 9.53 Å². The molecule has 3 aromatic rings. The van der Waals surface area contributed by atoms with Crippen LogP contribution in [0.4, 0.5) is 5.95 Å². The van der Waals surface area contributed by atoms with E-state index in [0.29, 0.717) is 40.2 Å². The maximum atomic E-state index is 11.7. The second kappa shape index (κ2) is 6.34. The number of rotatable bonds is 3. The van der Waals surface area contributed by atoms with Crippen LogP contribution in [0.3, 0.4) is 0 Å². The number of aromatic nitrogens is 3. The van der Waals surface area contributed by atoms with Crippen LogP contribution in [-0.4, -0.2) is 34.1 Å². The van der Waals surface area contributed by atoms with E-state index in [9.17, 15) is 4.79 Å². The SMILES string of the molecule is CNC(=O)Cn1ccc2c(-c3c(Cl)cc(Cl)c4c3CCO4)nc(N)nc21. The third-order valence-electron chi connectivity index (χ3n) is 4.35. The molecule has 1 aromatic carbocycles. The number of anilines is 1. The molecule has 0 radical (unpaired) electrons. The average molecular weight is 392 g/mol. The van der Waals surface area contributed by atoms with Gasteiger partial charge in [0, 0.05) is 36.2 Å². The van der Waals surface area contributed by atoms with Gasteiger partial charge in [0.05, 0.1) is 22.3 Å². The zero-order valence-electron chi connectivity index (χ0n) is 13.8. The molecule has 0 atom stereocenters. The summed E-state index contributed by atoms with van der Waals surface area (Å²) in [6, 6.07) is 3.49. The van der Waals surface area contributed by atoms with Crippen LogP contribution in [0.2, 0.25) is 10.0 Å². The first kappa shape index (κ1) is 16.9. The monoisotopic (exact) mass is 391 g/mol. The van der Waals surface area contributed by atoms with Gasteiger partial charge in [-0.1, -0.05) is 23.2 Å². The van der Waals surface area contributed by atoms with Crippen LogP contribution in [0, 0.1) is 0 Å². The predicted molar refractivity (Wildman–Crippen MR) is 101 cm³/mol. The fraction of sp³-hybridized carbons (Fsp3) is 0.235. The van der Waals surface area contributed by atoms with E-state index in [-0.39, 0.29) is 18.4 Å². The molecule has 1 amide bonds. The lowest BCUT2D eigenvalue weighted by Crippen LogP contribution is -2.23. The van der Waals surface area contributed by atoms with Gasteiger partial charge in [0.2, 0.25) is 11.9 Å². The number of nitrogens with one attached hydrogen (secondary N) is 1. The molecule has 0 aliphatic carbocycles. The van der Waals surface area contributed by atoms with Gasteiger partial charge in [-0.25, -0.2) is 4.98 Å². The second-order valence-corrected chi connectivity index (χ2v) is 6.72. The molecular weight excluding hydrogens is 377 g/mol. The molecule has 1 aliphatic heterocycles. The number of benzene rings is 1. The molecular formula is C17H15Cl2N5O2. The maximum absolute atomic E-state index is 11.7. The number of hydrogen-bond donors (Lipinski definition) is 2. The van der Waals surface area contributed by atoms with Crippen molar-refractivity contribution in [2.75, 3.05) is 19.4 Å². The maximum Gasteiger partial charge on any atom is 0.239 e. The Hall–Kier alpha value is -2.51. The molecule has 0 spiro atoms. The highest BCUT2D eigenvalue weighted by molar-refractivity contribution is 6.38. The first-order chi connectivity index (χ1) is 12.5. The van der Waals surface area contributed by atoms with Crippen LogP contribution >= 0.6 is 23.2 Å². The number of carbonyl (C=O) groups is 1. The van der Waals surface area contributed by atoms with Crippen LogP contribution < -0.4 is 15.8 Å². The summed E-state index contributed by atoms with van der Waals surface area (Å²) >= 11 is 12.7. The van der Waals surface area contributed by atoms with Crippen LogP contribution in [0.15, 0.2) is 18.3 Å². The highest BCUT2D eigenvalue weighted by Gasteiger charge is 2.26. The minimum atomic E-state index is -0.139. The number of nitrogen functional groups attached to an aromatic ring is 1. The molecule has 2 aromatic heterocycles. The van der Waals surface area contributed by atoms with Crippen LogP contribution in [-0.2, 0) is 17.8 Å². The molecule has 9 heteroatoms. The molecule has 1 aliphatic rings. The molecule has 0 saturated heterocycles. The van der Waals surface area contributed by atoms with Gasteiger partial charge < -0.3 is 20.4 Å². The third kappa shape index (κ3) is 2.64. The summed E-state index contributed by atoms with van der Waals surface area (Å²) in [7, 11) is 1.58. The Bertz CT molecular complexity index is 1050. The van der Waals surface area contributed by atoms with E-state index in [1.54, 1.807) is 23.9 Å². The van der Waals surface area contributed by atoms with E-state index in [0.717, 1.165) is 16.5 Å². The van der Waals surface area contributed by atoms with E-state index in [2.05, 4.69) is 15.3 Å². The van der Waals surface area contributed by atoms with Crippen molar-refractivity contribution in [2.24, 2.45) is 0 Å². The average Bonchev–Trinajstić information content (AvgIpc) is 3.22. The summed E-state index contributed by atoms with van der Waals surface area (Å²) in [4.78, 5) is 20.5. The lowest BCUT2D eigenvalue weighted by atomic mass is 10.00. The van der Waals surface area contributed by atoms with Crippen molar-refractivity contribution in [2.45, 2.75) is 13.0 Å². The standard InChI is InChI=1S/C17H15Cl2N5O2/c1-21-12(25)7-24-4-2-9-14(22-17(20)23-16(9)24)13-8-3-5-26-15(8)11(19)6-10(13)18/h2,4,6H,3,5,7H2,1H3,(H,21,25)(H2,20,22,23). The van der Waals surface area contributed by atoms with Crippen molar-refractivity contribution in [3.05, 3.63) is 33.9 Å². The van der Waals surface area contributed by atoms with Gasteiger partial charge in [0.15, 0.2) is 0 Å². The number of nitrogens with zero attached hydrogens (tertiary/aromatic N) is 3. The summed E-state index contributed by atoms with van der Waals surface area (Å²) < 4.78 is 7.36. The van der Waals surface area contributed by atoms with Crippen molar-refractivity contribution in [1.29, 1.82) is 0 Å². The Kier molecular flexibility index (Phi) is 4.13. The molecule has 0 bridgehead atoms. The zero-order valence-corrected chi connectivity index (χ0v) is 15.4. The minimum Gasteiger partial charge on any atom is -0.491 e. The van der Waals surface area contributed by atoms with Crippen molar-refractivity contribution >= 4 is 46.1 Å². The third-order valence-corrected chi connectivity index (χ3v) is 4.93. The Morgan fingerprint density at radius 1 is 1.38 bits per heavy atom. The minimum absolute atomic E-state index is 0.100. The lowest BCUT2D eigenvalue weighted by molar-refractivity contribution is -0.121. The molecule has 0 fully saturated rings. The van der Waals surface area contributed by atoms with Crippen molar-refractivity contribution in [3.63, 3.8) is 0 Å². The highest BCUT2D eigenvalue weighted by atomic mass is 35.5. The van der Waals surface area contributed by atoms with Gasteiger partial charge in [-0.05, 0) is 12.1 Å². The highest BCUT2D eigenvalue weighted by Crippen LogP contribution is 2.45. The van der Waals surface area contributed by atoms with Gasteiger partial charge in [-0.3, -0.25) is 4.79 Å². The number of likely N-dealkylation sites (N-methyl/N-ethyl adjacent to an activating group) is 1. The molecule has 4 rings (SSSR count). The van der Waals surface area contributed by atoms with Crippen LogP contribution in [0.25, 0.3) is 22.3 Å². The van der Waals surface area contributed by atoms with E-state index in [1.807, 2.05) is 6.07 Å². The Morgan fingerprint density at radius 2 is 2.19 bits per heavy atom. The summed E-state index contributed by atoms with van der Waals surface area (Å²) in [6.45, 7) is 0.662. The first-order valence-electron chi connectivity index (χ1n) is 7.96. The largest absolute Gasteiger partial charge is 0.491 e. The van der Waals surface area contributed by atoms with E-state index in [1.165, 1.54) is 0 Å². The molecule has 0 unspecified atom stereocenters. The van der Waals surface area contributed by atoms with Crippen LogP contribution in [0.5, 0.6) is 5.75 Å². The number of fused-ring (bicyclic) bond motifs is 2. The lowest BCUT2D eigenvalue weighted by Gasteiger charge is -2.12. The molecule has 0 saturated carbocycles. The number of nitrogens with two attached hydrogens (primary N) is 1. The van der Waals surface area contributed by atoms with Gasteiger partial charge in [0.1, 0.15) is 17.9 Å².